The molecule has 3 aromatic rings. The molecule has 0 fully saturated rings. The standard InChI is InChI=1S/C31H36N2O4S/c1-3-4-5-6-7-8-9-12-21-37-31(34)23-15-20-28-29(22-23)26-13-10-11-14-27(26)30(28)33-32-24-16-18-25(19-17-24)38(2,35)36/h10-11,13-20,22,32H,3-9,12,21H2,1-2H3/b33-30-. The van der Waals surface area contributed by atoms with Crippen molar-refractivity contribution in [2.75, 3.05) is 18.3 Å². The molecule has 200 valence electrons. The largest absolute Gasteiger partial charge is 0.462 e. The molecule has 0 heterocycles. The van der Waals surface area contributed by atoms with Gasteiger partial charge in [-0.15, -0.1) is 0 Å². The van der Waals surface area contributed by atoms with Gasteiger partial charge in [0.25, 0.3) is 0 Å². The van der Waals surface area contributed by atoms with Gasteiger partial charge in [-0.3, -0.25) is 5.43 Å². The van der Waals surface area contributed by atoms with Crippen molar-refractivity contribution < 1.29 is 17.9 Å². The van der Waals surface area contributed by atoms with Crippen LogP contribution in [0.4, 0.5) is 5.69 Å². The zero-order valence-electron chi connectivity index (χ0n) is 22.2. The fourth-order valence-corrected chi connectivity index (χ4v) is 5.30. The molecule has 0 radical (unpaired) electrons. The number of unbranched alkanes of at least 4 members (excludes halogenated alkanes) is 7. The van der Waals surface area contributed by atoms with Crippen LogP contribution in [0.1, 0.15) is 79.8 Å². The number of sulfone groups is 1. The minimum Gasteiger partial charge on any atom is -0.462 e. The van der Waals surface area contributed by atoms with E-state index in [0.29, 0.717) is 17.9 Å². The van der Waals surface area contributed by atoms with Crippen LogP contribution in [-0.2, 0) is 14.6 Å². The second-order valence-electron chi connectivity index (χ2n) is 9.79. The number of nitrogens with one attached hydrogen (secondary N) is 1. The van der Waals surface area contributed by atoms with E-state index in [4.69, 9.17) is 4.74 Å². The van der Waals surface area contributed by atoms with Crippen molar-refractivity contribution in [3.63, 3.8) is 0 Å². The number of hydrazone groups is 1. The van der Waals surface area contributed by atoms with Crippen LogP contribution in [0.25, 0.3) is 11.1 Å². The van der Waals surface area contributed by atoms with Crippen LogP contribution < -0.4 is 5.43 Å². The molecule has 1 N–H and O–H groups in total. The maximum Gasteiger partial charge on any atom is 0.338 e. The lowest BCUT2D eigenvalue weighted by atomic mass is 10.0. The van der Waals surface area contributed by atoms with Crippen molar-refractivity contribution in [3.05, 3.63) is 83.4 Å². The molecule has 0 spiro atoms. The fraction of sp³-hybridized carbons (Fsp3) is 0.355. The smallest absolute Gasteiger partial charge is 0.338 e. The van der Waals surface area contributed by atoms with E-state index < -0.39 is 9.84 Å². The number of rotatable bonds is 13. The lowest BCUT2D eigenvalue weighted by molar-refractivity contribution is 0.0497. The lowest BCUT2D eigenvalue weighted by Crippen LogP contribution is -2.07. The highest BCUT2D eigenvalue weighted by Gasteiger charge is 2.26. The van der Waals surface area contributed by atoms with Crippen LogP contribution in [0.3, 0.4) is 0 Å². The summed E-state index contributed by atoms with van der Waals surface area (Å²) in [5.41, 5.74) is 8.85. The summed E-state index contributed by atoms with van der Waals surface area (Å²) >= 11 is 0. The van der Waals surface area contributed by atoms with E-state index in [1.807, 2.05) is 36.4 Å². The Morgan fingerprint density at radius 2 is 1.42 bits per heavy atom. The Kier molecular flexibility index (Phi) is 9.34. The molecule has 1 aliphatic rings. The van der Waals surface area contributed by atoms with Crippen LogP contribution in [0.2, 0.25) is 0 Å². The molecule has 38 heavy (non-hydrogen) atoms. The maximum absolute atomic E-state index is 12.7. The number of esters is 1. The van der Waals surface area contributed by atoms with Crippen molar-refractivity contribution in [2.24, 2.45) is 5.10 Å². The summed E-state index contributed by atoms with van der Waals surface area (Å²) < 4.78 is 29.0. The molecule has 6 nitrogen and oxygen atoms in total. The van der Waals surface area contributed by atoms with E-state index in [9.17, 15) is 13.2 Å². The van der Waals surface area contributed by atoms with Gasteiger partial charge in [0.1, 0.15) is 0 Å². The highest BCUT2D eigenvalue weighted by atomic mass is 32.2. The Labute approximate surface area is 226 Å². The average molecular weight is 533 g/mol. The summed E-state index contributed by atoms with van der Waals surface area (Å²) in [6.45, 7) is 2.67. The summed E-state index contributed by atoms with van der Waals surface area (Å²) in [6.07, 6.45) is 10.8. The monoisotopic (exact) mass is 532 g/mol. The van der Waals surface area contributed by atoms with E-state index in [1.54, 1.807) is 30.3 Å². The Hall–Kier alpha value is -3.45. The normalized spacial score (nSPS) is 13.3. The molecule has 3 aromatic carbocycles. The summed E-state index contributed by atoms with van der Waals surface area (Å²) in [5, 5.41) is 4.65. The van der Waals surface area contributed by atoms with Crippen LogP contribution in [0.15, 0.2) is 76.7 Å². The third-order valence-corrected chi connectivity index (χ3v) is 7.92. The van der Waals surface area contributed by atoms with Crippen molar-refractivity contribution in [1.82, 2.24) is 0 Å². The molecule has 1 aliphatic carbocycles. The summed E-state index contributed by atoms with van der Waals surface area (Å²) in [6, 6.07) is 20.0. The first kappa shape index (κ1) is 27.6. The van der Waals surface area contributed by atoms with Gasteiger partial charge in [0.05, 0.1) is 28.5 Å². The predicted octanol–water partition coefficient (Wildman–Crippen LogP) is 7.23. The Bertz CT molecular complexity index is 1400. The predicted molar refractivity (Wildman–Crippen MR) is 154 cm³/mol. The van der Waals surface area contributed by atoms with Gasteiger partial charge in [0.15, 0.2) is 9.84 Å². The second-order valence-corrected chi connectivity index (χ2v) is 11.8. The number of benzene rings is 3. The Morgan fingerprint density at radius 3 is 2.11 bits per heavy atom. The van der Waals surface area contributed by atoms with Gasteiger partial charge < -0.3 is 4.74 Å². The quantitative estimate of drug-likeness (QED) is 0.111. The highest BCUT2D eigenvalue weighted by Crippen LogP contribution is 2.37. The van der Waals surface area contributed by atoms with Gasteiger partial charge in [-0.25, -0.2) is 13.2 Å². The molecule has 0 amide bonds. The van der Waals surface area contributed by atoms with E-state index >= 15 is 0 Å². The first-order chi connectivity index (χ1) is 18.4. The summed E-state index contributed by atoms with van der Waals surface area (Å²) in [7, 11) is -3.26. The van der Waals surface area contributed by atoms with Crippen LogP contribution in [0, 0.1) is 0 Å². The zero-order valence-corrected chi connectivity index (χ0v) is 23.0. The van der Waals surface area contributed by atoms with Gasteiger partial charge in [-0.05, 0) is 53.9 Å². The Morgan fingerprint density at radius 1 is 0.789 bits per heavy atom. The molecule has 0 bridgehead atoms. The Balaban J connectivity index is 1.41. The van der Waals surface area contributed by atoms with Crippen molar-refractivity contribution >= 4 is 27.2 Å². The molecular weight excluding hydrogens is 496 g/mol. The number of fused-ring (bicyclic) bond motifs is 3. The third kappa shape index (κ3) is 6.90. The lowest BCUT2D eigenvalue weighted by Gasteiger charge is -2.08. The number of anilines is 1. The fourth-order valence-electron chi connectivity index (χ4n) is 4.67. The van der Waals surface area contributed by atoms with Gasteiger partial charge in [0, 0.05) is 17.4 Å². The molecule has 0 unspecified atom stereocenters. The maximum atomic E-state index is 12.7. The van der Waals surface area contributed by atoms with Crippen molar-refractivity contribution in [3.8, 4) is 11.1 Å². The van der Waals surface area contributed by atoms with Crippen LogP contribution in [0.5, 0.6) is 0 Å². The molecule has 0 aromatic heterocycles. The molecule has 7 heteroatoms. The van der Waals surface area contributed by atoms with Crippen molar-refractivity contribution in [1.29, 1.82) is 0 Å². The number of hydrogen-bond donors (Lipinski definition) is 1. The van der Waals surface area contributed by atoms with Gasteiger partial charge >= 0.3 is 5.97 Å². The highest BCUT2D eigenvalue weighted by molar-refractivity contribution is 7.90. The molecule has 0 aliphatic heterocycles. The molecule has 4 rings (SSSR count). The SMILES string of the molecule is CCCCCCCCCCOC(=O)c1ccc2c(c1)-c1ccccc1/C2=N/Nc1ccc(S(C)(=O)=O)cc1. The number of nitrogens with zero attached hydrogens (tertiary/aromatic N) is 1. The van der Waals surface area contributed by atoms with E-state index in [0.717, 1.165) is 40.8 Å². The summed E-state index contributed by atoms with van der Waals surface area (Å²) in [4.78, 5) is 13.0. The molecular formula is C31H36N2O4S. The second kappa shape index (κ2) is 12.9. The van der Waals surface area contributed by atoms with E-state index in [2.05, 4.69) is 17.5 Å². The van der Waals surface area contributed by atoms with Gasteiger partial charge in [0.2, 0.25) is 0 Å². The average Bonchev–Trinajstić information content (AvgIpc) is 3.23. The van der Waals surface area contributed by atoms with Crippen LogP contribution in [-0.4, -0.2) is 33.0 Å². The van der Waals surface area contributed by atoms with Gasteiger partial charge in [-0.1, -0.05) is 82.2 Å². The number of carbonyl (C=O) groups is 1. The van der Waals surface area contributed by atoms with Gasteiger partial charge in [-0.2, -0.15) is 5.10 Å². The zero-order chi connectivity index (χ0) is 27.0. The minimum absolute atomic E-state index is 0.258. The topological polar surface area (TPSA) is 84.8 Å². The minimum atomic E-state index is -3.26. The van der Waals surface area contributed by atoms with Crippen LogP contribution >= 0.6 is 0 Å². The van der Waals surface area contributed by atoms with E-state index in [1.165, 1.54) is 44.8 Å². The molecule has 0 atom stereocenters. The number of hydrogen-bond acceptors (Lipinski definition) is 6. The van der Waals surface area contributed by atoms with E-state index in [-0.39, 0.29) is 10.9 Å². The number of ether oxygens (including phenoxy) is 1. The molecule has 0 saturated carbocycles. The van der Waals surface area contributed by atoms with Crippen molar-refractivity contribution in [2.45, 2.75) is 63.2 Å². The molecule has 0 saturated heterocycles. The first-order valence-corrected chi connectivity index (χ1v) is 15.3. The summed E-state index contributed by atoms with van der Waals surface area (Å²) in [5.74, 6) is -0.303. The number of carbonyl (C=O) groups excluding carboxylic acids is 1. The third-order valence-electron chi connectivity index (χ3n) is 6.79. The first-order valence-electron chi connectivity index (χ1n) is 13.4.